The Morgan fingerprint density at radius 3 is 0.854 bits per heavy atom. The molecule has 3 unspecified atom stereocenters. The second-order valence-corrected chi connectivity index (χ2v) is 19.4. The van der Waals surface area contributed by atoms with Gasteiger partial charge in [-0.05, 0) is 118 Å². The molecule has 0 nitrogen and oxygen atoms in total. The Balaban J connectivity index is 0.000000276. The third-order valence-electron chi connectivity index (χ3n) is 12.5. The zero-order valence-corrected chi connectivity index (χ0v) is 35.0. The van der Waals surface area contributed by atoms with E-state index in [1.54, 1.807) is 6.92 Å². The lowest BCUT2D eigenvalue weighted by Crippen LogP contribution is -2.11. The molecule has 0 amide bonds. The average Bonchev–Trinajstić information content (AvgIpc) is 3.94. The van der Waals surface area contributed by atoms with Crippen molar-refractivity contribution in [2.24, 2.45) is 53.3 Å². The Hall–Kier alpha value is 0.150. The second kappa shape index (κ2) is 26.0. The van der Waals surface area contributed by atoms with Crippen LogP contribution in [0.25, 0.3) is 0 Å². The summed E-state index contributed by atoms with van der Waals surface area (Å²) in [5, 5.41) is 0.495. The molecule has 6 atom stereocenters. The molecule has 8 aliphatic rings. The van der Waals surface area contributed by atoms with Crippen LogP contribution in [0, 0.1) is 53.3 Å². The average molecular weight is 702 g/mol. The monoisotopic (exact) mass is 701 g/mol. The van der Waals surface area contributed by atoms with Crippen molar-refractivity contribution in [3.05, 3.63) is 0 Å². The first-order chi connectivity index (χ1) is 22.6. The molecule has 8 aliphatic carbocycles. The van der Waals surface area contributed by atoms with Gasteiger partial charge in [-0.1, -0.05) is 152 Å². The Bertz CT molecular complexity index is 691. The maximum absolute atomic E-state index is 12.4. The molecule has 8 rings (SSSR count). The van der Waals surface area contributed by atoms with Crippen LogP contribution in [0.5, 0.6) is 0 Å². The number of hydrogen-bond acceptors (Lipinski definition) is 0. The quantitative estimate of drug-likeness (QED) is 0.221. The lowest BCUT2D eigenvalue weighted by molar-refractivity contribution is 0.215. The van der Waals surface area contributed by atoms with Crippen molar-refractivity contribution in [1.82, 2.24) is 0 Å². The van der Waals surface area contributed by atoms with E-state index in [9.17, 15) is 8.78 Å². The summed E-state index contributed by atoms with van der Waals surface area (Å²) in [6, 6.07) is 0. The van der Waals surface area contributed by atoms with Gasteiger partial charge in [0.05, 0.1) is 0 Å². The predicted molar refractivity (Wildman–Crippen MR) is 213 cm³/mol. The molecule has 0 saturated heterocycles. The van der Waals surface area contributed by atoms with E-state index in [2.05, 4.69) is 55.4 Å². The Morgan fingerprint density at radius 1 is 0.438 bits per heavy atom. The molecule has 8 saturated carbocycles. The summed E-state index contributed by atoms with van der Waals surface area (Å²) in [7, 11) is 0. The summed E-state index contributed by atoms with van der Waals surface area (Å²) in [5.74, 6) is 8.33. The molecule has 0 N–H and O–H groups in total. The van der Waals surface area contributed by atoms with E-state index in [1.807, 2.05) is 6.92 Å². The molecular formula is C45H87ClF2. The molecule has 0 aromatic carbocycles. The van der Waals surface area contributed by atoms with Crippen LogP contribution in [0.4, 0.5) is 8.78 Å². The molecule has 0 aromatic rings. The van der Waals surface area contributed by atoms with E-state index in [-0.39, 0.29) is 0 Å². The van der Waals surface area contributed by atoms with Crippen molar-refractivity contribution < 1.29 is 8.78 Å². The van der Waals surface area contributed by atoms with E-state index in [0.717, 1.165) is 79.4 Å². The molecule has 0 spiro atoms. The van der Waals surface area contributed by atoms with Crippen molar-refractivity contribution >= 4 is 11.6 Å². The van der Waals surface area contributed by atoms with Crippen LogP contribution in [0.3, 0.4) is 0 Å². The van der Waals surface area contributed by atoms with E-state index >= 15 is 0 Å². The van der Waals surface area contributed by atoms with Gasteiger partial charge in [0.25, 0.3) is 0 Å². The van der Waals surface area contributed by atoms with Crippen LogP contribution >= 0.6 is 11.6 Å². The summed E-state index contributed by atoms with van der Waals surface area (Å²) < 4.78 is 24.5. The Labute approximate surface area is 306 Å². The van der Waals surface area contributed by atoms with Gasteiger partial charge in [0.15, 0.2) is 0 Å². The van der Waals surface area contributed by atoms with Gasteiger partial charge in [-0.2, -0.15) is 0 Å². The number of rotatable bonds is 0. The molecule has 0 aromatic heterocycles. The third kappa shape index (κ3) is 27.8. The molecule has 8 fully saturated rings. The highest BCUT2D eigenvalue weighted by molar-refractivity contribution is 6.20. The topological polar surface area (TPSA) is 0 Å². The fourth-order valence-electron chi connectivity index (χ4n) is 6.62. The highest BCUT2D eigenvalue weighted by Gasteiger charge is 2.47. The van der Waals surface area contributed by atoms with Gasteiger partial charge in [-0.25, -0.2) is 8.78 Å². The van der Waals surface area contributed by atoms with Gasteiger partial charge in [0, 0.05) is 5.38 Å². The summed E-state index contributed by atoms with van der Waals surface area (Å²) in [6.45, 7) is 21.9. The summed E-state index contributed by atoms with van der Waals surface area (Å²) in [4.78, 5) is 0. The van der Waals surface area contributed by atoms with Crippen LogP contribution in [0.15, 0.2) is 0 Å². The molecule has 48 heavy (non-hydrogen) atoms. The lowest BCUT2D eigenvalue weighted by atomic mass is 9.88. The van der Waals surface area contributed by atoms with Crippen LogP contribution in [-0.2, 0) is 0 Å². The van der Waals surface area contributed by atoms with E-state index in [0.29, 0.717) is 11.3 Å². The molecule has 0 heterocycles. The molecule has 0 bridgehead atoms. The first kappa shape index (κ1) is 46.2. The van der Waals surface area contributed by atoms with Crippen LogP contribution in [0.1, 0.15) is 217 Å². The minimum absolute atomic E-state index is 0.331. The first-order valence-electron chi connectivity index (χ1n) is 21.6. The lowest BCUT2D eigenvalue weighted by Gasteiger charge is -2.19. The van der Waals surface area contributed by atoms with Crippen molar-refractivity contribution in [2.45, 2.75) is 234 Å². The third-order valence-corrected chi connectivity index (χ3v) is 12.9. The predicted octanol–water partition coefficient (Wildman–Crippen LogP) is 16.4. The zero-order chi connectivity index (χ0) is 36.1. The second-order valence-electron chi connectivity index (χ2n) is 18.8. The van der Waals surface area contributed by atoms with Gasteiger partial charge in [-0.15, -0.1) is 11.6 Å². The highest BCUT2D eigenvalue weighted by atomic mass is 35.5. The van der Waals surface area contributed by atoms with Gasteiger partial charge < -0.3 is 0 Å². The van der Waals surface area contributed by atoms with Crippen molar-refractivity contribution in [3.63, 3.8) is 0 Å². The minimum Gasteiger partial charge on any atom is -0.247 e. The molecular weight excluding hydrogens is 614 g/mol. The molecule has 288 valence electrons. The maximum Gasteiger partial charge on any atom is 0.111 e. The summed E-state index contributed by atoms with van der Waals surface area (Å²) >= 11 is 5.81. The Kier molecular flexibility index (Phi) is 25.0. The van der Waals surface area contributed by atoms with Crippen molar-refractivity contribution in [3.8, 4) is 0 Å². The van der Waals surface area contributed by atoms with E-state index in [4.69, 9.17) is 11.6 Å². The summed E-state index contributed by atoms with van der Waals surface area (Å²) in [5.41, 5.74) is -0.792. The van der Waals surface area contributed by atoms with Gasteiger partial charge in [0.1, 0.15) is 11.8 Å². The fourth-order valence-corrected chi connectivity index (χ4v) is 7.05. The van der Waals surface area contributed by atoms with Crippen LogP contribution in [0.2, 0.25) is 0 Å². The first-order valence-corrected chi connectivity index (χ1v) is 22.0. The van der Waals surface area contributed by atoms with E-state index < -0.39 is 11.8 Å². The molecule has 3 heteroatoms. The minimum atomic E-state index is -0.792. The smallest absolute Gasteiger partial charge is 0.111 e. The highest BCUT2D eigenvalue weighted by Crippen LogP contribution is 2.45. The number of hydrogen-bond donors (Lipinski definition) is 0. The van der Waals surface area contributed by atoms with Gasteiger partial charge >= 0.3 is 0 Å². The van der Waals surface area contributed by atoms with Crippen molar-refractivity contribution in [2.75, 3.05) is 0 Å². The molecule has 0 aliphatic heterocycles. The largest absolute Gasteiger partial charge is 0.247 e. The maximum atomic E-state index is 12.4. The fraction of sp³-hybridized carbons (Fsp3) is 1.00. The number of alkyl halides is 3. The van der Waals surface area contributed by atoms with Gasteiger partial charge in [0.2, 0.25) is 0 Å². The van der Waals surface area contributed by atoms with E-state index in [1.165, 1.54) is 116 Å². The standard InChI is InChI=1S/C7H13F.C7H14.C6H11Cl.C6H12.C5H9F.2C5H10.C4H8/c1-6-2-4-7(8)5-3-6;1-7-5-3-2-4-6-7;1-5-2-3-6(7)4-5;1-6-4-2-3-5-6;1-4-3-5(4,2)6;1-4-3-5(4)2;1-5-3-2-4-5;1-4-2-3-4/h6-7H,2-5H2,1H3;7H,2-6H2,1H3;5-6H,2-4H2,1H3;6H,2-5H2,1H3;4H,3H2,1-2H3;4-5H,3H2,1-2H3;5H,2-4H2,1H3;4H,2-3H2,1H3/t;;5-,6?;;2*4-,5?;;/m..1.00../s1. The van der Waals surface area contributed by atoms with Gasteiger partial charge in [-0.3, -0.25) is 0 Å². The molecule has 0 radical (unpaired) electrons. The SMILES string of the molecule is CC1CC1.CC1CCC(F)CC1.CC1CCC1.CC1CCCC1.CC1CCCCC1.CC1C[C@@H]1C.C[C@@H]1CCC(Cl)C1.C[C@H]1CC1(C)F. The zero-order valence-electron chi connectivity index (χ0n) is 34.2. The van der Waals surface area contributed by atoms with Crippen LogP contribution < -0.4 is 0 Å². The number of halogens is 3. The Morgan fingerprint density at radius 2 is 0.729 bits per heavy atom. The van der Waals surface area contributed by atoms with Crippen molar-refractivity contribution in [1.29, 1.82) is 0 Å². The van der Waals surface area contributed by atoms with Crippen LogP contribution in [-0.4, -0.2) is 17.2 Å². The normalized spacial score (nSPS) is 36.6. The summed E-state index contributed by atoms with van der Waals surface area (Å²) in [6.07, 6.45) is 30.2.